The second-order valence-corrected chi connectivity index (χ2v) is 8.63. The summed E-state index contributed by atoms with van der Waals surface area (Å²) in [5.74, 6) is -0.0627. The van der Waals surface area contributed by atoms with E-state index in [1.807, 2.05) is 0 Å². The molecule has 2 aromatic carbocycles. The maximum atomic E-state index is 13.5. The van der Waals surface area contributed by atoms with Gasteiger partial charge in [0, 0.05) is 23.3 Å². The number of aliphatic imine (C=N–C) groups is 1. The van der Waals surface area contributed by atoms with E-state index in [1.54, 1.807) is 53.4 Å². The molecule has 0 aliphatic carbocycles. The standard InChI is InChI=1S/C21H17Cl2FN2O4S.BrH/c22-18-8-7-17(10-19(18)23)30-14-21(27)25-11-15-4-3-9-26(12-15)13-16-5-1-2-6-20(16)31(24,28)29;/h1-10,12H,11,13-14H2;1H. The molecule has 0 bridgehead atoms. The molecule has 0 radical (unpaired) electrons. The van der Waals surface area contributed by atoms with Gasteiger partial charge in [0.2, 0.25) is 0 Å². The van der Waals surface area contributed by atoms with Crippen molar-refractivity contribution in [2.24, 2.45) is 4.99 Å². The van der Waals surface area contributed by atoms with Crippen molar-refractivity contribution in [2.75, 3.05) is 6.61 Å². The maximum absolute atomic E-state index is 13.5. The van der Waals surface area contributed by atoms with Crippen molar-refractivity contribution < 1.29 is 26.7 Å². The molecule has 0 unspecified atom stereocenters. The summed E-state index contributed by atoms with van der Waals surface area (Å²) in [6.45, 7) is -0.0124. The largest absolute Gasteiger partial charge is 0.860 e. The molecule has 1 aromatic heterocycles. The number of hydrogen-bond acceptors (Lipinski definition) is 5. The molecule has 11 heteroatoms. The lowest BCUT2D eigenvalue weighted by atomic mass is 10.2. The van der Waals surface area contributed by atoms with Gasteiger partial charge in [0.25, 0.3) is 0 Å². The number of hydrogen-bond donors (Lipinski definition) is 0. The fourth-order valence-electron chi connectivity index (χ4n) is 2.77. The minimum Gasteiger partial charge on any atom is -0.860 e. The van der Waals surface area contributed by atoms with Crippen LogP contribution in [0.3, 0.4) is 0 Å². The fourth-order valence-corrected chi connectivity index (χ4v) is 3.75. The molecule has 170 valence electrons. The highest BCUT2D eigenvalue weighted by Crippen LogP contribution is 2.26. The Hall–Kier alpha value is -2.20. The Bertz CT molecular complexity index is 1230. The molecule has 0 aliphatic rings. The predicted octanol–water partition coefficient (Wildman–Crippen LogP) is 3.90. The first kappa shape index (κ1) is 26.1. The number of benzene rings is 2. The van der Waals surface area contributed by atoms with E-state index in [1.165, 1.54) is 18.2 Å². The van der Waals surface area contributed by atoms with E-state index in [2.05, 4.69) is 4.99 Å². The SMILES string of the molecule is Br.O=S(=O)(F)c1ccccc1C[n+]1cccc(CN=C([O-])COc2ccc(Cl)c(Cl)c2)c1. The minimum absolute atomic E-state index is 0. The van der Waals surface area contributed by atoms with Crippen LogP contribution in [0.2, 0.25) is 10.0 Å². The summed E-state index contributed by atoms with van der Waals surface area (Å²) in [5.41, 5.74) is 1.03. The van der Waals surface area contributed by atoms with Crippen LogP contribution in [0.1, 0.15) is 11.1 Å². The van der Waals surface area contributed by atoms with Crippen molar-refractivity contribution in [3.8, 4) is 5.75 Å². The van der Waals surface area contributed by atoms with Gasteiger partial charge < -0.3 is 9.84 Å². The first-order chi connectivity index (χ1) is 14.7. The Morgan fingerprint density at radius 1 is 1.09 bits per heavy atom. The average Bonchev–Trinajstić information content (AvgIpc) is 2.73. The summed E-state index contributed by atoms with van der Waals surface area (Å²) >= 11 is 11.7. The van der Waals surface area contributed by atoms with Gasteiger partial charge in [-0.2, -0.15) is 8.42 Å². The molecule has 0 atom stereocenters. The quantitative estimate of drug-likeness (QED) is 0.180. The van der Waals surface area contributed by atoms with Gasteiger partial charge in [-0.15, -0.1) is 20.9 Å². The van der Waals surface area contributed by atoms with Crippen LogP contribution in [0.5, 0.6) is 5.75 Å². The van der Waals surface area contributed by atoms with Crippen LogP contribution >= 0.6 is 40.2 Å². The Kier molecular flexibility index (Phi) is 9.45. The Morgan fingerprint density at radius 3 is 2.56 bits per heavy atom. The van der Waals surface area contributed by atoms with E-state index >= 15 is 0 Å². The third-order valence-corrected chi connectivity index (χ3v) is 5.86. The summed E-state index contributed by atoms with van der Waals surface area (Å²) in [6.07, 6.45) is 3.42. The molecule has 3 aromatic rings. The van der Waals surface area contributed by atoms with Crippen molar-refractivity contribution in [1.82, 2.24) is 0 Å². The number of pyridine rings is 1. The van der Waals surface area contributed by atoms with Crippen LogP contribution in [0, 0.1) is 0 Å². The van der Waals surface area contributed by atoms with E-state index in [9.17, 15) is 17.4 Å². The lowest BCUT2D eigenvalue weighted by Gasteiger charge is -2.12. The zero-order valence-electron chi connectivity index (χ0n) is 16.4. The highest BCUT2D eigenvalue weighted by molar-refractivity contribution is 8.93. The second kappa shape index (κ2) is 11.6. The molecule has 32 heavy (non-hydrogen) atoms. The Labute approximate surface area is 205 Å². The average molecular weight is 564 g/mol. The molecular weight excluding hydrogens is 546 g/mol. The van der Waals surface area contributed by atoms with Gasteiger partial charge in [-0.1, -0.05) is 41.4 Å². The van der Waals surface area contributed by atoms with Crippen LogP contribution in [0.4, 0.5) is 3.89 Å². The first-order valence-electron chi connectivity index (χ1n) is 9.01. The molecule has 0 saturated heterocycles. The highest BCUT2D eigenvalue weighted by atomic mass is 79.9. The molecule has 0 spiro atoms. The minimum atomic E-state index is -4.83. The van der Waals surface area contributed by atoms with Crippen LogP contribution < -0.4 is 14.4 Å². The van der Waals surface area contributed by atoms with Crippen molar-refractivity contribution in [1.29, 1.82) is 0 Å². The molecule has 0 amide bonds. The van der Waals surface area contributed by atoms with E-state index < -0.39 is 16.1 Å². The van der Waals surface area contributed by atoms with E-state index in [0.29, 0.717) is 26.9 Å². The topological polar surface area (TPSA) is 82.7 Å². The van der Waals surface area contributed by atoms with Gasteiger partial charge in [-0.05, 0) is 30.2 Å². The van der Waals surface area contributed by atoms with E-state index in [-0.39, 0.29) is 41.6 Å². The molecule has 0 saturated carbocycles. The van der Waals surface area contributed by atoms with Crippen LogP contribution in [-0.2, 0) is 23.3 Å². The normalized spacial score (nSPS) is 11.7. The number of ether oxygens (including phenoxy) is 1. The predicted molar refractivity (Wildman–Crippen MR) is 124 cm³/mol. The van der Waals surface area contributed by atoms with Crippen molar-refractivity contribution in [3.05, 3.63) is 88.2 Å². The maximum Gasteiger partial charge on any atom is 0.332 e. The van der Waals surface area contributed by atoms with E-state index in [4.69, 9.17) is 27.9 Å². The summed E-state index contributed by atoms with van der Waals surface area (Å²) < 4.78 is 43.2. The zero-order chi connectivity index (χ0) is 22.4. The number of rotatable bonds is 8. The molecule has 1 heterocycles. The summed E-state index contributed by atoms with van der Waals surface area (Å²) in [7, 11) is -4.83. The van der Waals surface area contributed by atoms with Gasteiger partial charge in [0.15, 0.2) is 18.9 Å². The number of aromatic nitrogens is 1. The van der Waals surface area contributed by atoms with Gasteiger partial charge in [-0.3, -0.25) is 4.99 Å². The summed E-state index contributed by atoms with van der Waals surface area (Å²) in [6, 6.07) is 14.0. The van der Waals surface area contributed by atoms with Crippen molar-refractivity contribution in [2.45, 2.75) is 18.0 Å². The van der Waals surface area contributed by atoms with E-state index in [0.717, 1.165) is 0 Å². The molecule has 0 aliphatic heterocycles. The van der Waals surface area contributed by atoms with Gasteiger partial charge >= 0.3 is 10.2 Å². The number of nitrogens with zero attached hydrogens (tertiary/aromatic N) is 2. The zero-order valence-corrected chi connectivity index (χ0v) is 20.5. The van der Waals surface area contributed by atoms with Crippen LogP contribution in [-0.4, -0.2) is 20.9 Å². The second-order valence-electron chi connectivity index (χ2n) is 6.50. The Morgan fingerprint density at radius 2 is 1.84 bits per heavy atom. The fraction of sp³-hybridized carbons (Fsp3) is 0.143. The van der Waals surface area contributed by atoms with Crippen LogP contribution in [0.25, 0.3) is 0 Å². The summed E-state index contributed by atoms with van der Waals surface area (Å²) in [4.78, 5) is 3.59. The first-order valence-corrected chi connectivity index (χ1v) is 11.1. The molecule has 3 rings (SSSR count). The lowest BCUT2D eigenvalue weighted by Crippen LogP contribution is -2.34. The third-order valence-electron chi connectivity index (χ3n) is 4.20. The molecule has 0 N–H and O–H groups in total. The van der Waals surface area contributed by atoms with Gasteiger partial charge in [-0.25, -0.2) is 4.57 Å². The Balaban J connectivity index is 0.00000363. The molecule has 6 nitrogen and oxygen atoms in total. The van der Waals surface area contributed by atoms with Crippen molar-refractivity contribution >= 4 is 56.3 Å². The third kappa shape index (κ3) is 7.44. The molecule has 0 fully saturated rings. The monoisotopic (exact) mass is 562 g/mol. The lowest BCUT2D eigenvalue weighted by molar-refractivity contribution is -0.689. The smallest absolute Gasteiger partial charge is 0.332 e. The van der Waals surface area contributed by atoms with Crippen molar-refractivity contribution in [3.63, 3.8) is 0 Å². The highest BCUT2D eigenvalue weighted by Gasteiger charge is 2.19. The number of halogens is 4. The van der Waals surface area contributed by atoms with Gasteiger partial charge in [0.05, 0.1) is 16.6 Å². The van der Waals surface area contributed by atoms with Crippen LogP contribution in [0.15, 0.2) is 76.9 Å². The van der Waals surface area contributed by atoms with Gasteiger partial charge in [0.1, 0.15) is 17.3 Å². The summed E-state index contributed by atoms with van der Waals surface area (Å²) in [5, 5.41) is 12.7. The molecular formula is C21H18BrCl2FN2O4S.